The second-order valence-electron chi connectivity index (χ2n) is 2.44. The topological polar surface area (TPSA) is 76.2 Å². The lowest BCUT2D eigenvalue weighted by molar-refractivity contribution is 0.0602. The first-order chi connectivity index (χ1) is 6.20. The molecule has 1 aromatic rings. The highest BCUT2D eigenvalue weighted by Gasteiger charge is 2.10. The molecule has 0 aliphatic carbocycles. The maximum absolute atomic E-state index is 11.1. The van der Waals surface area contributed by atoms with Gasteiger partial charge in [0.2, 0.25) is 0 Å². The number of nitrogen functional groups attached to an aromatic ring is 1. The maximum Gasteiger partial charge on any atom is 0.339 e. The molecule has 0 fully saturated rings. The lowest BCUT2D eigenvalue weighted by Crippen LogP contribution is -2.07. The van der Waals surface area contributed by atoms with Gasteiger partial charge in [-0.1, -0.05) is 12.1 Å². The molecular weight excluding hydrogens is 168 g/mol. The zero-order valence-corrected chi connectivity index (χ0v) is 7.20. The summed E-state index contributed by atoms with van der Waals surface area (Å²) in [5.41, 5.74) is 6.71. The highest BCUT2D eigenvalue weighted by molar-refractivity contribution is 6.00. The fourth-order valence-electron chi connectivity index (χ4n) is 0.997. The van der Waals surface area contributed by atoms with Crippen LogP contribution in [-0.4, -0.2) is 19.3 Å². The van der Waals surface area contributed by atoms with Crippen molar-refractivity contribution in [1.82, 2.24) is 0 Å². The third-order valence-corrected chi connectivity index (χ3v) is 1.70. The van der Waals surface area contributed by atoms with Crippen LogP contribution in [0.4, 0.5) is 5.69 Å². The SMILES string of the molecule is COC(=O)c1cccc(C=N)c1N. The third kappa shape index (κ3) is 1.66. The van der Waals surface area contributed by atoms with Crippen LogP contribution in [0.2, 0.25) is 0 Å². The van der Waals surface area contributed by atoms with E-state index in [0.717, 1.165) is 6.21 Å². The number of carbonyl (C=O) groups is 1. The van der Waals surface area contributed by atoms with Crippen LogP contribution in [0.1, 0.15) is 15.9 Å². The highest BCUT2D eigenvalue weighted by atomic mass is 16.5. The predicted molar refractivity (Wildman–Crippen MR) is 50.1 cm³/mol. The Bertz CT molecular complexity index is 347. The molecule has 0 aliphatic rings. The van der Waals surface area contributed by atoms with Crippen molar-refractivity contribution in [2.75, 3.05) is 12.8 Å². The maximum atomic E-state index is 11.1. The minimum atomic E-state index is -0.485. The average Bonchev–Trinajstić information content (AvgIpc) is 2.17. The van der Waals surface area contributed by atoms with Gasteiger partial charge in [-0.2, -0.15) is 0 Å². The van der Waals surface area contributed by atoms with E-state index in [-0.39, 0.29) is 5.69 Å². The summed E-state index contributed by atoms with van der Waals surface area (Å²) < 4.78 is 4.52. The van der Waals surface area contributed by atoms with E-state index in [4.69, 9.17) is 11.1 Å². The van der Waals surface area contributed by atoms with Crippen molar-refractivity contribution in [3.05, 3.63) is 29.3 Å². The number of carbonyl (C=O) groups excluding carboxylic acids is 1. The minimum absolute atomic E-state index is 0.282. The molecule has 0 saturated heterocycles. The molecule has 0 saturated carbocycles. The summed E-state index contributed by atoms with van der Waals surface area (Å²) >= 11 is 0. The number of hydrogen-bond donors (Lipinski definition) is 2. The molecule has 0 unspecified atom stereocenters. The summed E-state index contributed by atoms with van der Waals surface area (Å²) in [4.78, 5) is 11.1. The van der Waals surface area contributed by atoms with Crippen molar-refractivity contribution >= 4 is 17.9 Å². The van der Waals surface area contributed by atoms with Gasteiger partial charge in [-0.3, -0.25) is 0 Å². The summed E-state index contributed by atoms with van der Waals surface area (Å²) in [6.45, 7) is 0. The molecule has 0 spiro atoms. The van der Waals surface area contributed by atoms with Gasteiger partial charge in [-0.25, -0.2) is 4.79 Å². The first kappa shape index (κ1) is 9.25. The molecule has 4 heteroatoms. The van der Waals surface area contributed by atoms with Crippen LogP contribution in [0.3, 0.4) is 0 Å². The first-order valence-electron chi connectivity index (χ1n) is 3.68. The van der Waals surface area contributed by atoms with Gasteiger partial charge in [0, 0.05) is 11.8 Å². The average molecular weight is 178 g/mol. The summed E-state index contributed by atoms with van der Waals surface area (Å²) in [6, 6.07) is 4.88. The number of esters is 1. The number of para-hydroxylation sites is 1. The number of hydrogen-bond acceptors (Lipinski definition) is 4. The molecule has 68 valence electrons. The van der Waals surface area contributed by atoms with Gasteiger partial charge < -0.3 is 15.9 Å². The van der Waals surface area contributed by atoms with Crippen LogP contribution in [0.15, 0.2) is 18.2 Å². The summed E-state index contributed by atoms with van der Waals surface area (Å²) in [5.74, 6) is -0.485. The molecule has 13 heavy (non-hydrogen) atoms. The van der Waals surface area contributed by atoms with Crippen LogP contribution in [0.25, 0.3) is 0 Å². The van der Waals surface area contributed by atoms with Crippen molar-refractivity contribution in [2.24, 2.45) is 0 Å². The minimum Gasteiger partial charge on any atom is -0.465 e. The van der Waals surface area contributed by atoms with E-state index >= 15 is 0 Å². The highest BCUT2D eigenvalue weighted by Crippen LogP contribution is 2.16. The summed E-state index contributed by atoms with van der Waals surface area (Å²) in [7, 11) is 1.29. The van der Waals surface area contributed by atoms with E-state index < -0.39 is 5.97 Å². The molecule has 1 rings (SSSR count). The number of benzene rings is 1. The molecule has 0 radical (unpaired) electrons. The number of anilines is 1. The van der Waals surface area contributed by atoms with Crippen molar-refractivity contribution < 1.29 is 9.53 Å². The molecule has 0 atom stereocenters. The Labute approximate surface area is 75.8 Å². The molecule has 3 N–H and O–H groups in total. The Balaban J connectivity index is 3.23. The van der Waals surface area contributed by atoms with Gasteiger partial charge in [0.1, 0.15) is 0 Å². The van der Waals surface area contributed by atoms with E-state index in [1.807, 2.05) is 0 Å². The monoisotopic (exact) mass is 178 g/mol. The Morgan fingerprint density at radius 3 is 2.85 bits per heavy atom. The Hall–Kier alpha value is -1.84. The van der Waals surface area contributed by atoms with Crippen LogP contribution in [0.5, 0.6) is 0 Å². The Morgan fingerprint density at radius 1 is 1.62 bits per heavy atom. The lowest BCUT2D eigenvalue weighted by atomic mass is 10.1. The standard InChI is InChI=1S/C9H10N2O2/c1-13-9(12)7-4-2-3-6(5-10)8(7)11/h2-5,10H,11H2,1H3. The molecule has 0 heterocycles. The normalized spacial score (nSPS) is 9.31. The van der Waals surface area contributed by atoms with Crippen molar-refractivity contribution in [2.45, 2.75) is 0 Å². The van der Waals surface area contributed by atoms with Crippen LogP contribution < -0.4 is 5.73 Å². The molecular formula is C9H10N2O2. The van der Waals surface area contributed by atoms with Gasteiger partial charge >= 0.3 is 5.97 Å². The number of nitrogens with two attached hydrogens (primary N) is 1. The summed E-state index contributed by atoms with van der Waals surface area (Å²) in [5, 5.41) is 7.02. The van der Waals surface area contributed by atoms with Crippen molar-refractivity contribution in [3.8, 4) is 0 Å². The molecule has 1 aromatic carbocycles. The molecule has 0 aliphatic heterocycles. The number of methoxy groups -OCH3 is 1. The van der Waals surface area contributed by atoms with E-state index in [1.165, 1.54) is 7.11 Å². The van der Waals surface area contributed by atoms with Crippen LogP contribution in [-0.2, 0) is 4.74 Å². The van der Waals surface area contributed by atoms with Crippen molar-refractivity contribution in [3.63, 3.8) is 0 Å². The summed E-state index contributed by atoms with van der Waals surface area (Å²) in [6.07, 6.45) is 1.10. The fraction of sp³-hybridized carbons (Fsp3) is 0.111. The van der Waals surface area contributed by atoms with Crippen LogP contribution >= 0.6 is 0 Å². The van der Waals surface area contributed by atoms with Gasteiger partial charge in [-0.15, -0.1) is 0 Å². The Morgan fingerprint density at radius 2 is 2.31 bits per heavy atom. The lowest BCUT2D eigenvalue weighted by Gasteiger charge is -2.05. The van der Waals surface area contributed by atoms with Gasteiger partial charge in [0.25, 0.3) is 0 Å². The van der Waals surface area contributed by atoms with E-state index in [0.29, 0.717) is 11.1 Å². The molecule has 0 amide bonds. The van der Waals surface area contributed by atoms with E-state index in [9.17, 15) is 4.79 Å². The van der Waals surface area contributed by atoms with Gasteiger partial charge in [0.05, 0.1) is 18.4 Å². The molecule has 0 aromatic heterocycles. The zero-order chi connectivity index (χ0) is 9.84. The second-order valence-corrected chi connectivity index (χ2v) is 2.44. The van der Waals surface area contributed by atoms with Crippen molar-refractivity contribution in [1.29, 1.82) is 5.41 Å². The van der Waals surface area contributed by atoms with Gasteiger partial charge in [-0.05, 0) is 6.07 Å². The van der Waals surface area contributed by atoms with Gasteiger partial charge in [0.15, 0.2) is 0 Å². The number of rotatable bonds is 2. The van der Waals surface area contributed by atoms with E-state index in [2.05, 4.69) is 4.74 Å². The molecule has 4 nitrogen and oxygen atoms in total. The smallest absolute Gasteiger partial charge is 0.339 e. The zero-order valence-electron chi connectivity index (χ0n) is 7.20. The number of nitrogens with one attached hydrogen (secondary N) is 1. The molecule has 0 bridgehead atoms. The number of ether oxygens (including phenoxy) is 1. The second kappa shape index (κ2) is 3.71. The van der Waals surface area contributed by atoms with E-state index in [1.54, 1.807) is 18.2 Å². The Kier molecular flexibility index (Phi) is 2.64. The first-order valence-corrected chi connectivity index (χ1v) is 3.68. The largest absolute Gasteiger partial charge is 0.465 e. The fourth-order valence-corrected chi connectivity index (χ4v) is 0.997. The quantitative estimate of drug-likeness (QED) is 0.403. The van der Waals surface area contributed by atoms with Crippen LogP contribution in [0, 0.1) is 5.41 Å². The predicted octanol–water partition coefficient (Wildman–Crippen LogP) is 1.05. The third-order valence-electron chi connectivity index (χ3n) is 1.70.